The van der Waals surface area contributed by atoms with Gasteiger partial charge in [0.05, 0.1) is 12.7 Å². The van der Waals surface area contributed by atoms with E-state index in [-0.39, 0.29) is 21.2 Å². The molecule has 0 N–H and O–H groups in total. The van der Waals surface area contributed by atoms with Crippen molar-refractivity contribution in [1.29, 1.82) is 0 Å². The lowest BCUT2D eigenvalue weighted by molar-refractivity contribution is 0.0597. The highest BCUT2D eigenvalue weighted by Crippen LogP contribution is 2.27. The Hall–Kier alpha value is -0.560. The van der Waals surface area contributed by atoms with Crippen LogP contribution in [0.1, 0.15) is 28.0 Å². The number of nitrogens with zero attached hydrogens (tertiary/aromatic N) is 1. The van der Waals surface area contributed by atoms with Gasteiger partial charge in [-0.15, -0.1) is 0 Å². The topological polar surface area (TPSA) is 39.2 Å². The molecule has 0 spiro atoms. The van der Waals surface area contributed by atoms with Crippen LogP contribution < -0.4 is 0 Å². The molecule has 0 fully saturated rings. The van der Waals surface area contributed by atoms with Crippen molar-refractivity contribution in [2.24, 2.45) is 0 Å². The molecule has 1 heterocycles. The van der Waals surface area contributed by atoms with Crippen LogP contribution in [0.4, 0.5) is 8.78 Å². The van der Waals surface area contributed by atoms with Crippen LogP contribution in [0.2, 0.25) is 0 Å². The van der Waals surface area contributed by atoms with E-state index in [0.29, 0.717) is 5.56 Å². The Morgan fingerprint density at radius 2 is 2.25 bits per heavy atom. The van der Waals surface area contributed by atoms with Crippen LogP contribution in [0.25, 0.3) is 0 Å². The van der Waals surface area contributed by atoms with Gasteiger partial charge in [0, 0.05) is 5.33 Å². The number of hydrogen-bond donors (Lipinski definition) is 0. The number of rotatable bonds is 3. The Bertz CT molecular complexity index is 413. The lowest BCUT2D eigenvalue weighted by Gasteiger charge is -2.09. The summed E-state index contributed by atoms with van der Waals surface area (Å²) in [6, 6.07) is 1.18. The van der Waals surface area contributed by atoms with Crippen LogP contribution in [0, 0.1) is 0 Å². The van der Waals surface area contributed by atoms with Crippen molar-refractivity contribution < 1.29 is 18.3 Å². The number of hydrogen-bond acceptors (Lipinski definition) is 3. The lowest BCUT2D eigenvalue weighted by atomic mass is 10.1. The first-order valence-electron chi connectivity index (χ1n) is 4.13. The van der Waals surface area contributed by atoms with Crippen LogP contribution in [-0.2, 0) is 10.1 Å². The van der Waals surface area contributed by atoms with E-state index in [1.54, 1.807) is 0 Å². The van der Waals surface area contributed by atoms with Gasteiger partial charge in [0.1, 0.15) is 10.3 Å². The Morgan fingerprint density at radius 3 is 2.69 bits per heavy atom. The van der Waals surface area contributed by atoms with Crippen molar-refractivity contribution >= 4 is 37.8 Å². The van der Waals surface area contributed by atoms with Gasteiger partial charge in [0.15, 0.2) is 0 Å². The van der Waals surface area contributed by atoms with E-state index in [9.17, 15) is 13.6 Å². The summed E-state index contributed by atoms with van der Waals surface area (Å²) in [5, 5.41) is 0.262. The molecule has 0 aliphatic rings. The Labute approximate surface area is 107 Å². The van der Waals surface area contributed by atoms with Crippen molar-refractivity contribution in [2.45, 2.75) is 11.8 Å². The van der Waals surface area contributed by atoms with E-state index in [4.69, 9.17) is 0 Å². The number of carbonyl (C=O) groups is 1. The quantitative estimate of drug-likeness (QED) is 0.472. The zero-order valence-electron chi connectivity index (χ0n) is 8.14. The molecule has 7 heteroatoms. The van der Waals surface area contributed by atoms with Crippen LogP contribution in [0.5, 0.6) is 0 Å². The second kappa shape index (κ2) is 5.67. The Morgan fingerprint density at radius 1 is 1.62 bits per heavy atom. The first kappa shape index (κ1) is 13.5. The molecule has 16 heavy (non-hydrogen) atoms. The molecule has 0 aliphatic carbocycles. The smallest absolute Gasteiger partial charge is 0.340 e. The largest absolute Gasteiger partial charge is 0.465 e. The number of esters is 1. The molecule has 0 aromatic carbocycles. The van der Waals surface area contributed by atoms with Gasteiger partial charge in [0.2, 0.25) is 0 Å². The van der Waals surface area contributed by atoms with E-state index in [1.807, 2.05) is 0 Å². The minimum Gasteiger partial charge on any atom is -0.465 e. The summed E-state index contributed by atoms with van der Waals surface area (Å²) in [6.45, 7) is 0. The molecular formula is C9H7Br2F2NO2. The minimum atomic E-state index is -2.68. The van der Waals surface area contributed by atoms with Gasteiger partial charge in [-0.1, -0.05) is 15.9 Å². The second-order valence-corrected chi connectivity index (χ2v) is 4.11. The zero-order valence-corrected chi connectivity index (χ0v) is 11.3. The number of pyridine rings is 1. The van der Waals surface area contributed by atoms with E-state index in [2.05, 4.69) is 41.6 Å². The molecule has 0 radical (unpaired) electrons. The van der Waals surface area contributed by atoms with E-state index < -0.39 is 12.4 Å². The van der Waals surface area contributed by atoms with Gasteiger partial charge in [-0.2, -0.15) is 0 Å². The maximum atomic E-state index is 12.5. The molecule has 0 aliphatic heterocycles. The summed E-state index contributed by atoms with van der Waals surface area (Å²) in [5.74, 6) is -0.616. The molecule has 0 saturated heterocycles. The number of alkyl halides is 3. The first-order chi connectivity index (χ1) is 7.51. The molecule has 1 aromatic rings. The molecule has 88 valence electrons. The summed E-state index contributed by atoms with van der Waals surface area (Å²) in [7, 11) is 1.22. The average Bonchev–Trinajstić information content (AvgIpc) is 2.26. The SMILES string of the molecule is COC(=O)c1c(CBr)cc(C(F)F)nc1Br. The monoisotopic (exact) mass is 357 g/mol. The van der Waals surface area contributed by atoms with Crippen LogP contribution in [-0.4, -0.2) is 18.1 Å². The van der Waals surface area contributed by atoms with Crippen molar-refractivity contribution in [3.63, 3.8) is 0 Å². The fourth-order valence-electron chi connectivity index (χ4n) is 1.12. The molecule has 0 bridgehead atoms. The highest BCUT2D eigenvalue weighted by Gasteiger charge is 2.20. The van der Waals surface area contributed by atoms with Gasteiger partial charge in [-0.05, 0) is 27.6 Å². The van der Waals surface area contributed by atoms with Crippen LogP contribution in [0.3, 0.4) is 0 Å². The fraction of sp³-hybridized carbons (Fsp3) is 0.333. The summed E-state index contributed by atoms with van der Waals surface area (Å²) < 4.78 is 29.5. The van der Waals surface area contributed by atoms with Gasteiger partial charge in [-0.3, -0.25) is 0 Å². The summed E-state index contributed by atoms with van der Waals surface area (Å²) >= 11 is 6.10. The number of ether oxygens (including phenoxy) is 1. The molecular weight excluding hydrogens is 352 g/mol. The number of carbonyl (C=O) groups excluding carboxylic acids is 1. The summed E-state index contributed by atoms with van der Waals surface area (Å²) in [6.07, 6.45) is -2.68. The molecule has 0 amide bonds. The fourth-order valence-corrected chi connectivity index (χ4v) is 2.18. The average molecular weight is 359 g/mol. The third-order valence-corrected chi connectivity index (χ3v) is 3.01. The molecule has 0 saturated carbocycles. The molecule has 0 atom stereocenters. The van der Waals surface area contributed by atoms with E-state index >= 15 is 0 Å². The third-order valence-electron chi connectivity index (χ3n) is 1.83. The van der Waals surface area contributed by atoms with Crippen molar-refractivity contribution in [1.82, 2.24) is 4.98 Å². The van der Waals surface area contributed by atoms with Gasteiger partial charge >= 0.3 is 5.97 Å². The molecule has 3 nitrogen and oxygen atoms in total. The van der Waals surface area contributed by atoms with Gasteiger partial charge < -0.3 is 4.74 Å². The normalized spacial score (nSPS) is 10.6. The van der Waals surface area contributed by atoms with Gasteiger partial charge in [-0.25, -0.2) is 18.6 Å². The summed E-state index contributed by atoms with van der Waals surface area (Å²) in [5.41, 5.74) is 0.182. The molecule has 1 aromatic heterocycles. The van der Waals surface area contributed by atoms with E-state index in [1.165, 1.54) is 13.2 Å². The van der Waals surface area contributed by atoms with Crippen molar-refractivity contribution in [3.8, 4) is 0 Å². The van der Waals surface area contributed by atoms with Gasteiger partial charge in [0.25, 0.3) is 6.43 Å². The standard InChI is InChI=1S/C9H7Br2F2NO2/c1-16-9(15)6-4(3-10)2-5(8(12)13)14-7(6)11/h2,8H,3H2,1H3. The third kappa shape index (κ3) is 2.76. The number of methoxy groups -OCH3 is 1. The van der Waals surface area contributed by atoms with Crippen LogP contribution >= 0.6 is 31.9 Å². The summed E-state index contributed by atoms with van der Waals surface area (Å²) in [4.78, 5) is 15.0. The Kier molecular flexibility index (Phi) is 4.79. The minimum absolute atomic E-state index is 0.0617. The maximum absolute atomic E-state index is 12.5. The number of halogens is 4. The number of aromatic nitrogens is 1. The van der Waals surface area contributed by atoms with E-state index in [0.717, 1.165) is 0 Å². The van der Waals surface area contributed by atoms with Crippen LogP contribution in [0.15, 0.2) is 10.7 Å². The highest BCUT2D eigenvalue weighted by atomic mass is 79.9. The second-order valence-electron chi connectivity index (χ2n) is 2.80. The first-order valence-corrected chi connectivity index (χ1v) is 6.04. The highest BCUT2D eigenvalue weighted by molar-refractivity contribution is 9.10. The lowest BCUT2D eigenvalue weighted by Crippen LogP contribution is -2.09. The zero-order chi connectivity index (χ0) is 12.3. The predicted octanol–water partition coefficient (Wildman–Crippen LogP) is 3.46. The predicted molar refractivity (Wildman–Crippen MR) is 60.9 cm³/mol. The van der Waals surface area contributed by atoms with Crippen molar-refractivity contribution in [2.75, 3.05) is 7.11 Å². The Balaban J connectivity index is 3.34. The van der Waals surface area contributed by atoms with Crippen molar-refractivity contribution in [3.05, 3.63) is 27.5 Å². The maximum Gasteiger partial charge on any atom is 0.340 e. The molecule has 0 unspecified atom stereocenters. The molecule has 1 rings (SSSR count).